The van der Waals surface area contributed by atoms with Crippen molar-refractivity contribution >= 4 is 22.5 Å². The Morgan fingerprint density at radius 3 is 2.64 bits per heavy atom. The van der Waals surface area contributed by atoms with Crippen LogP contribution in [0.5, 0.6) is 0 Å². The van der Waals surface area contributed by atoms with Gasteiger partial charge in [-0.25, -0.2) is 0 Å². The molecule has 0 saturated carbocycles. The number of piperazine rings is 1. The lowest BCUT2D eigenvalue weighted by Crippen LogP contribution is -2.50. The molecule has 4 heteroatoms. The summed E-state index contributed by atoms with van der Waals surface area (Å²) in [5, 5.41) is 2.03. The number of hydrogen-bond acceptors (Lipinski definition) is 2. The van der Waals surface area contributed by atoms with E-state index in [-0.39, 0.29) is 0 Å². The van der Waals surface area contributed by atoms with Crippen LogP contribution in [0, 0.1) is 0 Å². The highest BCUT2D eigenvalue weighted by atomic mass is 35.5. The SMILES string of the molecule is CN1CCN(C)C(Cc2c(-c3ccccc3)[nH]c3c(Cl)cccc23)C1. The maximum Gasteiger partial charge on any atom is 0.0651 e. The van der Waals surface area contributed by atoms with E-state index < -0.39 is 0 Å². The van der Waals surface area contributed by atoms with Gasteiger partial charge in [0.05, 0.1) is 10.5 Å². The van der Waals surface area contributed by atoms with E-state index in [1.165, 1.54) is 22.2 Å². The Balaban J connectivity index is 1.82. The molecule has 1 fully saturated rings. The van der Waals surface area contributed by atoms with Crippen LogP contribution < -0.4 is 0 Å². The minimum Gasteiger partial charge on any atom is -0.353 e. The molecule has 4 rings (SSSR count). The third-order valence-electron chi connectivity index (χ3n) is 5.37. The van der Waals surface area contributed by atoms with Crippen molar-refractivity contribution < 1.29 is 0 Å². The number of hydrogen-bond donors (Lipinski definition) is 1. The normalized spacial score (nSPS) is 19.6. The summed E-state index contributed by atoms with van der Waals surface area (Å²) in [6.45, 7) is 3.35. The molecule has 1 aliphatic heterocycles. The molecule has 0 amide bonds. The van der Waals surface area contributed by atoms with Crippen LogP contribution >= 0.6 is 11.6 Å². The molecule has 1 N–H and O–H groups in total. The maximum atomic E-state index is 6.47. The van der Waals surface area contributed by atoms with Gasteiger partial charge in [-0.1, -0.05) is 54.1 Å². The number of fused-ring (bicyclic) bond motifs is 1. The molecule has 0 spiro atoms. The van der Waals surface area contributed by atoms with Crippen molar-refractivity contribution in [3.05, 3.63) is 59.1 Å². The molecule has 1 aromatic heterocycles. The van der Waals surface area contributed by atoms with E-state index in [1.54, 1.807) is 0 Å². The lowest BCUT2D eigenvalue weighted by atomic mass is 9.97. The van der Waals surface area contributed by atoms with Crippen LogP contribution in [0.3, 0.4) is 0 Å². The lowest BCUT2D eigenvalue weighted by Gasteiger charge is -2.38. The zero-order chi connectivity index (χ0) is 17.4. The van der Waals surface area contributed by atoms with Crippen LogP contribution in [-0.4, -0.2) is 54.6 Å². The molecule has 2 aromatic carbocycles. The zero-order valence-electron chi connectivity index (χ0n) is 14.8. The standard InChI is InChI=1S/C21H24ClN3/c1-24-11-12-25(2)16(14-24)13-18-17-9-6-10-19(22)21(17)23-20(18)15-7-4-3-5-8-15/h3-10,16,23H,11-14H2,1-2H3. The van der Waals surface area contributed by atoms with E-state index in [9.17, 15) is 0 Å². The van der Waals surface area contributed by atoms with Crippen molar-refractivity contribution in [2.75, 3.05) is 33.7 Å². The summed E-state index contributed by atoms with van der Waals surface area (Å²) in [5.74, 6) is 0. The topological polar surface area (TPSA) is 22.3 Å². The Morgan fingerprint density at radius 1 is 1.04 bits per heavy atom. The van der Waals surface area contributed by atoms with Crippen LogP contribution in [0.2, 0.25) is 5.02 Å². The summed E-state index contributed by atoms with van der Waals surface area (Å²) < 4.78 is 0. The fraction of sp³-hybridized carbons (Fsp3) is 0.333. The number of rotatable bonds is 3. The van der Waals surface area contributed by atoms with E-state index >= 15 is 0 Å². The van der Waals surface area contributed by atoms with Gasteiger partial charge in [-0.05, 0) is 37.7 Å². The molecule has 2 heterocycles. The third kappa shape index (κ3) is 3.20. The Hall–Kier alpha value is -1.81. The minimum atomic E-state index is 0.513. The Morgan fingerprint density at radius 2 is 1.84 bits per heavy atom. The van der Waals surface area contributed by atoms with Gasteiger partial charge < -0.3 is 14.8 Å². The molecule has 3 nitrogen and oxygen atoms in total. The summed E-state index contributed by atoms with van der Waals surface area (Å²) in [5.41, 5.74) is 4.84. The number of aromatic nitrogens is 1. The van der Waals surface area contributed by atoms with Crippen molar-refractivity contribution in [1.82, 2.24) is 14.8 Å². The largest absolute Gasteiger partial charge is 0.353 e. The van der Waals surface area contributed by atoms with Crippen LogP contribution in [0.4, 0.5) is 0 Å². The summed E-state index contributed by atoms with van der Waals surface area (Å²) in [6, 6.07) is 17.3. The van der Waals surface area contributed by atoms with Crippen LogP contribution in [0.15, 0.2) is 48.5 Å². The molecule has 1 unspecified atom stereocenters. The number of nitrogens with zero attached hydrogens (tertiary/aromatic N) is 2. The van der Waals surface area contributed by atoms with Gasteiger partial charge in [0, 0.05) is 36.8 Å². The van der Waals surface area contributed by atoms with Gasteiger partial charge in [0.1, 0.15) is 0 Å². The van der Waals surface area contributed by atoms with Gasteiger partial charge in [0.15, 0.2) is 0 Å². The Bertz CT molecular complexity index is 871. The van der Waals surface area contributed by atoms with Crippen molar-refractivity contribution in [1.29, 1.82) is 0 Å². The molecular formula is C21H24ClN3. The predicted molar refractivity (Wildman–Crippen MR) is 106 cm³/mol. The molecule has 0 radical (unpaired) electrons. The first-order valence-corrected chi connectivity index (χ1v) is 9.24. The van der Waals surface area contributed by atoms with Crippen LogP contribution in [0.1, 0.15) is 5.56 Å². The van der Waals surface area contributed by atoms with Crippen molar-refractivity contribution in [2.24, 2.45) is 0 Å². The molecule has 130 valence electrons. The van der Waals surface area contributed by atoms with E-state index in [2.05, 4.69) is 65.3 Å². The quantitative estimate of drug-likeness (QED) is 0.759. The predicted octanol–water partition coefficient (Wildman–Crippen LogP) is 4.28. The molecule has 0 bridgehead atoms. The molecule has 1 saturated heterocycles. The summed E-state index contributed by atoms with van der Waals surface area (Å²) >= 11 is 6.47. The minimum absolute atomic E-state index is 0.513. The van der Waals surface area contributed by atoms with E-state index in [0.717, 1.165) is 36.6 Å². The fourth-order valence-electron chi connectivity index (χ4n) is 3.86. The first kappa shape index (κ1) is 16.6. The Labute approximate surface area is 154 Å². The molecule has 25 heavy (non-hydrogen) atoms. The van der Waals surface area contributed by atoms with Crippen molar-refractivity contribution in [3.8, 4) is 11.3 Å². The Kier molecular flexibility index (Phi) is 4.55. The monoisotopic (exact) mass is 353 g/mol. The number of H-pyrrole nitrogens is 1. The smallest absolute Gasteiger partial charge is 0.0651 e. The third-order valence-corrected chi connectivity index (χ3v) is 5.69. The molecule has 0 aliphatic carbocycles. The van der Waals surface area contributed by atoms with E-state index in [4.69, 9.17) is 11.6 Å². The van der Waals surface area contributed by atoms with Crippen molar-refractivity contribution in [3.63, 3.8) is 0 Å². The number of para-hydroxylation sites is 1. The number of aromatic amines is 1. The summed E-state index contributed by atoms with van der Waals surface area (Å²) in [7, 11) is 4.45. The first-order chi connectivity index (χ1) is 12.1. The van der Waals surface area contributed by atoms with Gasteiger partial charge in [0.25, 0.3) is 0 Å². The highest BCUT2D eigenvalue weighted by molar-refractivity contribution is 6.35. The molecule has 1 aliphatic rings. The summed E-state index contributed by atoms with van der Waals surface area (Å²) in [6.07, 6.45) is 1.02. The highest BCUT2D eigenvalue weighted by Crippen LogP contribution is 2.35. The van der Waals surface area contributed by atoms with Gasteiger partial charge in [-0.15, -0.1) is 0 Å². The van der Waals surface area contributed by atoms with Gasteiger partial charge in [-0.2, -0.15) is 0 Å². The zero-order valence-corrected chi connectivity index (χ0v) is 15.6. The number of likely N-dealkylation sites (N-methyl/N-ethyl adjacent to an activating group) is 2. The van der Waals surface area contributed by atoms with Gasteiger partial charge in [-0.3, -0.25) is 0 Å². The highest BCUT2D eigenvalue weighted by Gasteiger charge is 2.25. The number of halogens is 1. The lowest BCUT2D eigenvalue weighted by molar-refractivity contribution is 0.115. The summed E-state index contributed by atoms with van der Waals surface area (Å²) in [4.78, 5) is 8.51. The second-order valence-electron chi connectivity index (χ2n) is 7.11. The first-order valence-electron chi connectivity index (χ1n) is 8.87. The van der Waals surface area contributed by atoms with E-state index in [1.807, 2.05) is 12.1 Å². The fourth-order valence-corrected chi connectivity index (χ4v) is 4.08. The maximum absolute atomic E-state index is 6.47. The second kappa shape index (κ2) is 6.83. The molecular weight excluding hydrogens is 330 g/mol. The number of benzene rings is 2. The average molecular weight is 354 g/mol. The van der Waals surface area contributed by atoms with Gasteiger partial charge in [0.2, 0.25) is 0 Å². The average Bonchev–Trinajstić information content (AvgIpc) is 2.99. The van der Waals surface area contributed by atoms with E-state index in [0.29, 0.717) is 6.04 Å². The number of nitrogens with one attached hydrogen (secondary N) is 1. The van der Waals surface area contributed by atoms with Gasteiger partial charge >= 0.3 is 0 Å². The molecule has 3 aromatic rings. The molecule has 1 atom stereocenters. The van der Waals surface area contributed by atoms with Crippen LogP contribution in [-0.2, 0) is 6.42 Å². The van der Waals surface area contributed by atoms with Crippen molar-refractivity contribution in [2.45, 2.75) is 12.5 Å². The second-order valence-corrected chi connectivity index (χ2v) is 7.51. The van der Waals surface area contributed by atoms with Crippen LogP contribution in [0.25, 0.3) is 22.2 Å².